The fourth-order valence-electron chi connectivity index (χ4n) is 3.16. The van der Waals surface area contributed by atoms with Gasteiger partial charge >= 0.3 is 12.1 Å². The number of carbonyl (C=O) groups is 2. The molecule has 1 saturated carbocycles. The van der Waals surface area contributed by atoms with Crippen LogP contribution in [0.2, 0.25) is 0 Å². The number of benzene rings is 2. The van der Waals surface area contributed by atoms with Crippen molar-refractivity contribution < 1.29 is 19.2 Å². The first-order chi connectivity index (χ1) is 11.7. The van der Waals surface area contributed by atoms with Crippen LogP contribution in [0.1, 0.15) is 30.0 Å². The fraction of sp³-hybridized carbons (Fsp3) is 0.263. The number of methoxy groups -OCH3 is 1. The summed E-state index contributed by atoms with van der Waals surface area (Å²) in [7, 11) is 1.28. The second-order valence-electron chi connectivity index (χ2n) is 6.06. The maximum absolute atomic E-state index is 12.3. The number of fused-ring (bicyclic) bond motifs is 3. The third kappa shape index (κ3) is 2.33. The lowest BCUT2D eigenvalue weighted by molar-refractivity contribution is -0.189. The number of hydrogen-bond acceptors (Lipinski definition) is 4. The minimum absolute atomic E-state index is 0.107. The van der Waals surface area contributed by atoms with Crippen molar-refractivity contribution in [3.63, 3.8) is 0 Å². The molecule has 1 fully saturated rings. The molecule has 2 aromatic carbocycles. The highest BCUT2D eigenvalue weighted by molar-refractivity contribution is 5.82. The molecule has 5 heteroatoms. The average molecular weight is 323 g/mol. The van der Waals surface area contributed by atoms with Gasteiger partial charge in [0.1, 0.15) is 6.04 Å². The Morgan fingerprint density at radius 3 is 2.00 bits per heavy atom. The molecular weight excluding hydrogens is 306 g/mol. The maximum Gasteiger partial charge on any atom is 0.443 e. The first kappa shape index (κ1) is 14.8. The molecule has 0 heterocycles. The second-order valence-corrected chi connectivity index (χ2v) is 6.06. The average Bonchev–Trinajstić information content (AvgIpc) is 3.42. The summed E-state index contributed by atoms with van der Waals surface area (Å²) in [6.07, 6.45) is 0.942. The number of carbonyl (C=O) groups excluding carboxylic acids is 2. The molecule has 0 aliphatic heterocycles. The maximum atomic E-state index is 12.3. The number of amides is 1. The van der Waals surface area contributed by atoms with Crippen LogP contribution in [0.5, 0.6) is 0 Å². The van der Waals surface area contributed by atoms with Crippen molar-refractivity contribution in [1.82, 2.24) is 5.06 Å². The Balaban J connectivity index is 1.79. The highest BCUT2D eigenvalue weighted by atomic mass is 16.8. The highest BCUT2D eigenvalue weighted by Crippen LogP contribution is 2.46. The predicted octanol–water partition coefficient (Wildman–Crippen LogP) is 3.69. The topological polar surface area (TPSA) is 55.8 Å². The molecule has 0 atom stereocenters. The molecule has 1 amide bonds. The van der Waals surface area contributed by atoms with E-state index >= 15 is 0 Å². The van der Waals surface area contributed by atoms with Crippen molar-refractivity contribution >= 4 is 12.1 Å². The minimum atomic E-state index is -0.680. The number of hydroxylamine groups is 2. The zero-order valence-electron chi connectivity index (χ0n) is 13.3. The van der Waals surface area contributed by atoms with Gasteiger partial charge in [0.25, 0.3) is 0 Å². The van der Waals surface area contributed by atoms with Crippen molar-refractivity contribution in [2.45, 2.75) is 18.9 Å². The lowest BCUT2D eigenvalue weighted by Crippen LogP contribution is -2.37. The van der Waals surface area contributed by atoms with Crippen molar-refractivity contribution in [1.29, 1.82) is 0 Å². The van der Waals surface area contributed by atoms with Crippen LogP contribution in [0, 0.1) is 5.92 Å². The van der Waals surface area contributed by atoms with E-state index in [4.69, 9.17) is 9.57 Å². The Hall–Kier alpha value is -2.82. The van der Waals surface area contributed by atoms with Crippen LogP contribution in [0.25, 0.3) is 11.1 Å². The zero-order chi connectivity index (χ0) is 16.7. The van der Waals surface area contributed by atoms with Gasteiger partial charge < -0.3 is 9.57 Å². The van der Waals surface area contributed by atoms with E-state index in [9.17, 15) is 9.59 Å². The molecule has 0 bridgehead atoms. The van der Waals surface area contributed by atoms with Gasteiger partial charge in [-0.2, -0.15) is 0 Å². The van der Waals surface area contributed by atoms with Crippen LogP contribution in [0.15, 0.2) is 48.5 Å². The van der Waals surface area contributed by atoms with E-state index < -0.39 is 12.1 Å². The molecule has 0 spiro atoms. The molecule has 24 heavy (non-hydrogen) atoms. The van der Waals surface area contributed by atoms with Gasteiger partial charge in [-0.25, -0.2) is 9.59 Å². The Morgan fingerprint density at radius 1 is 0.958 bits per heavy atom. The first-order valence-corrected chi connectivity index (χ1v) is 7.98. The quantitative estimate of drug-likeness (QED) is 0.791. The smallest absolute Gasteiger partial charge is 0.443 e. The largest absolute Gasteiger partial charge is 0.451 e. The Morgan fingerprint density at radius 2 is 1.50 bits per heavy atom. The molecule has 0 aromatic heterocycles. The van der Waals surface area contributed by atoms with Gasteiger partial charge in [-0.1, -0.05) is 48.5 Å². The molecule has 122 valence electrons. The summed E-state index contributed by atoms with van der Waals surface area (Å²) in [5.74, 6) is -0.480. The predicted molar refractivity (Wildman–Crippen MR) is 86.8 cm³/mol. The molecular formula is C19H17NO4. The number of hydrogen-bond donors (Lipinski definition) is 0. The molecule has 4 rings (SSSR count). The van der Waals surface area contributed by atoms with E-state index in [-0.39, 0.29) is 11.9 Å². The number of ether oxygens (including phenoxy) is 1. The number of nitrogens with zero attached hydrogens (tertiary/aromatic N) is 1. The Bertz CT molecular complexity index is 767. The molecule has 5 nitrogen and oxygen atoms in total. The van der Waals surface area contributed by atoms with Gasteiger partial charge in [0.05, 0.1) is 13.0 Å². The van der Waals surface area contributed by atoms with Crippen molar-refractivity contribution in [3.8, 4) is 11.1 Å². The molecule has 2 aliphatic rings. The van der Waals surface area contributed by atoms with Gasteiger partial charge in [0.2, 0.25) is 0 Å². The SMILES string of the molecule is COC(=O)N(OC(=O)C1CC1)C1c2ccccc2-c2ccccc21. The standard InChI is InChI=1S/C19H17NO4/c1-23-19(22)20(24-18(21)12-10-11-12)17-15-8-4-2-6-13(15)14-7-3-5-9-16(14)17/h2-9,12,17H,10-11H2,1H3. The van der Waals surface area contributed by atoms with Gasteiger partial charge in [-0.15, -0.1) is 5.06 Å². The van der Waals surface area contributed by atoms with Crippen LogP contribution < -0.4 is 0 Å². The summed E-state index contributed by atoms with van der Waals surface area (Å²) >= 11 is 0. The number of rotatable bonds is 2. The molecule has 0 unspecified atom stereocenters. The molecule has 0 radical (unpaired) electrons. The zero-order valence-corrected chi connectivity index (χ0v) is 13.3. The van der Waals surface area contributed by atoms with Crippen LogP contribution in [-0.4, -0.2) is 24.2 Å². The first-order valence-electron chi connectivity index (χ1n) is 7.98. The second kappa shape index (κ2) is 5.67. The van der Waals surface area contributed by atoms with Gasteiger partial charge in [0.15, 0.2) is 0 Å². The molecule has 0 saturated heterocycles. The highest BCUT2D eigenvalue weighted by Gasteiger charge is 2.41. The summed E-state index contributed by atoms with van der Waals surface area (Å²) in [4.78, 5) is 29.9. The van der Waals surface area contributed by atoms with Crippen LogP contribution >= 0.6 is 0 Å². The van der Waals surface area contributed by atoms with Gasteiger partial charge in [-0.3, -0.25) is 0 Å². The molecule has 2 aliphatic carbocycles. The Kier molecular flexibility index (Phi) is 3.49. The fourth-order valence-corrected chi connectivity index (χ4v) is 3.16. The van der Waals surface area contributed by atoms with Gasteiger partial charge in [0, 0.05) is 0 Å². The van der Waals surface area contributed by atoms with E-state index in [1.165, 1.54) is 7.11 Å². The lowest BCUT2D eigenvalue weighted by Gasteiger charge is -2.27. The summed E-state index contributed by atoms with van der Waals surface area (Å²) in [5.41, 5.74) is 3.92. The monoisotopic (exact) mass is 323 g/mol. The van der Waals surface area contributed by atoms with E-state index in [0.717, 1.165) is 40.2 Å². The third-order valence-corrected chi connectivity index (χ3v) is 4.49. The van der Waals surface area contributed by atoms with Crippen molar-refractivity contribution in [3.05, 3.63) is 59.7 Å². The lowest BCUT2D eigenvalue weighted by atomic mass is 10.1. The van der Waals surface area contributed by atoms with Crippen LogP contribution in [-0.2, 0) is 14.4 Å². The van der Waals surface area contributed by atoms with E-state index in [1.807, 2.05) is 48.5 Å². The van der Waals surface area contributed by atoms with E-state index in [1.54, 1.807) is 0 Å². The summed E-state index contributed by atoms with van der Waals surface area (Å²) in [5, 5.41) is 1.07. The van der Waals surface area contributed by atoms with Crippen LogP contribution in [0.3, 0.4) is 0 Å². The third-order valence-electron chi connectivity index (χ3n) is 4.49. The summed E-state index contributed by atoms with van der Waals surface area (Å²) in [6, 6.07) is 15.1. The summed E-state index contributed by atoms with van der Waals surface area (Å²) < 4.78 is 4.87. The van der Waals surface area contributed by atoms with Crippen molar-refractivity contribution in [2.24, 2.45) is 5.92 Å². The minimum Gasteiger partial charge on any atom is -0.451 e. The van der Waals surface area contributed by atoms with E-state index in [2.05, 4.69) is 0 Å². The molecule has 0 N–H and O–H groups in total. The normalized spacial score (nSPS) is 15.4. The Labute approximate surface area is 139 Å². The van der Waals surface area contributed by atoms with Crippen molar-refractivity contribution in [2.75, 3.05) is 7.11 Å². The van der Waals surface area contributed by atoms with E-state index in [0.29, 0.717) is 0 Å². The van der Waals surface area contributed by atoms with Gasteiger partial charge in [-0.05, 0) is 35.1 Å². The molecule has 2 aromatic rings. The van der Waals surface area contributed by atoms with Crippen LogP contribution in [0.4, 0.5) is 4.79 Å². The summed E-state index contributed by atoms with van der Waals surface area (Å²) in [6.45, 7) is 0.